The van der Waals surface area contributed by atoms with Crippen LogP contribution in [-0.4, -0.2) is 18.8 Å². The number of hydrogen-bond acceptors (Lipinski definition) is 3. The molecule has 0 saturated carbocycles. The summed E-state index contributed by atoms with van der Waals surface area (Å²) in [6.07, 6.45) is 0.971. The maximum atomic E-state index is 13.4. The van der Waals surface area contributed by atoms with Crippen LogP contribution in [0.1, 0.15) is 18.9 Å². The van der Waals surface area contributed by atoms with Crippen LogP contribution in [-0.2, 0) is 5.75 Å². The Morgan fingerprint density at radius 1 is 1.53 bits per heavy atom. The lowest BCUT2D eigenvalue weighted by atomic mass is 10.2. The third kappa shape index (κ3) is 4.65. The summed E-state index contributed by atoms with van der Waals surface area (Å²) in [5.74, 6) is 0.515. The molecular weight excluding hydrogens is 239 g/mol. The summed E-state index contributed by atoms with van der Waals surface area (Å²) in [5.41, 5.74) is 6.56. The number of benzene rings is 1. The standard InChI is InChI=1S/C12H17FN2OS/c1-3-6-15-12(14)17-8-9-4-5-11(16-2)10(13)7-9/h4-5,7H,3,6,8H2,1-2H3,(H2,14,15). The second-order valence-electron chi connectivity index (χ2n) is 3.48. The van der Waals surface area contributed by atoms with Crippen molar-refractivity contribution in [3.63, 3.8) is 0 Å². The van der Waals surface area contributed by atoms with E-state index in [1.165, 1.54) is 24.9 Å². The number of nitrogens with two attached hydrogens (primary N) is 1. The Kier molecular flexibility index (Phi) is 5.83. The average molecular weight is 256 g/mol. The number of amidine groups is 1. The van der Waals surface area contributed by atoms with Gasteiger partial charge in [0.2, 0.25) is 0 Å². The van der Waals surface area contributed by atoms with Crippen LogP contribution in [0.3, 0.4) is 0 Å². The molecule has 3 nitrogen and oxygen atoms in total. The summed E-state index contributed by atoms with van der Waals surface area (Å²) < 4.78 is 18.2. The summed E-state index contributed by atoms with van der Waals surface area (Å²) in [7, 11) is 1.45. The first-order chi connectivity index (χ1) is 8.17. The molecule has 0 saturated heterocycles. The molecule has 1 rings (SSSR count). The molecule has 1 aromatic rings. The molecule has 5 heteroatoms. The fourth-order valence-corrected chi connectivity index (χ4v) is 1.90. The summed E-state index contributed by atoms with van der Waals surface area (Å²) in [6, 6.07) is 4.89. The molecule has 1 aromatic carbocycles. The third-order valence-corrected chi connectivity index (χ3v) is 3.00. The first-order valence-electron chi connectivity index (χ1n) is 5.42. The largest absolute Gasteiger partial charge is 0.494 e. The minimum Gasteiger partial charge on any atom is -0.494 e. The van der Waals surface area contributed by atoms with Gasteiger partial charge in [-0.2, -0.15) is 0 Å². The van der Waals surface area contributed by atoms with Gasteiger partial charge in [0.1, 0.15) is 0 Å². The van der Waals surface area contributed by atoms with Crippen molar-refractivity contribution in [2.75, 3.05) is 13.7 Å². The van der Waals surface area contributed by atoms with Crippen LogP contribution in [0.4, 0.5) is 4.39 Å². The Balaban J connectivity index is 2.55. The molecular formula is C12H17FN2OS. The van der Waals surface area contributed by atoms with Gasteiger partial charge in [-0.15, -0.1) is 0 Å². The van der Waals surface area contributed by atoms with Gasteiger partial charge in [0, 0.05) is 12.3 Å². The smallest absolute Gasteiger partial charge is 0.165 e. The summed E-state index contributed by atoms with van der Waals surface area (Å²) in [5, 5.41) is 0.545. The Labute approximate surface area is 105 Å². The van der Waals surface area contributed by atoms with Gasteiger partial charge >= 0.3 is 0 Å². The number of halogens is 1. The molecule has 0 bridgehead atoms. The molecule has 0 unspecified atom stereocenters. The van der Waals surface area contributed by atoms with Crippen molar-refractivity contribution in [2.45, 2.75) is 19.1 Å². The molecule has 0 radical (unpaired) electrons. The van der Waals surface area contributed by atoms with Crippen molar-refractivity contribution in [2.24, 2.45) is 10.7 Å². The molecule has 2 N–H and O–H groups in total. The number of aliphatic imine (C=N–C) groups is 1. The van der Waals surface area contributed by atoms with Gasteiger partial charge in [0.15, 0.2) is 16.7 Å². The van der Waals surface area contributed by atoms with Crippen LogP contribution in [0.15, 0.2) is 23.2 Å². The molecule has 0 aliphatic heterocycles. The predicted molar refractivity (Wildman–Crippen MR) is 71.0 cm³/mol. The Bertz CT molecular complexity index is 396. The quantitative estimate of drug-likeness (QED) is 0.651. The lowest BCUT2D eigenvalue weighted by molar-refractivity contribution is 0.386. The van der Waals surface area contributed by atoms with E-state index in [9.17, 15) is 4.39 Å². The van der Waals surface area contributed by atoms with Crippen LogP contribution in [0.25, 0.3) is 0 Å². The predicted octanol–water partition coefficient (Wildman–Crippen LogP) is 2.79. The molecule has 0 spiro atoms. The number of hydrogen-bond donors (Lipinski definition) is 1. The molecule has 0 aromatic heterocycles. The van der Waals surface area contributed by atoms with E-state index in [-0.39, 0.29) is 11.6 Å². The van der Waals surface area contributed by atoms with Crippen LogP contribution >= 0.6 is 11.8 Å². The molecule has 0 aliphatic carbocycles. The minimum absolute atomic E-state index is 0.256. The van der Waals surface area contributed by atoms with E-state index in [2.05, 4.69) is 4.99 Å². The fourth-order valence-electron chi connectivity index (χ4n) is 1.22. The Hall–Kier alpha value is -1.23. The van der Waals surface area contributed by atoms with E-state index < -0.39 is 0 Å². The van der Waals surface area contributed by atoms with Crippen molar-refractivity contribution >= 4 is 16.9 Å². The molecule has 0 heterocycles. The van der Waals surface area contributed by atoms with Gasteiger partial charge in [-0.1, -0.05) is 24.8 Å². The molecule has 0 fully saturated rings. The maximum Gasteiger partial charge on any atom is 0.165 e. The van der Waals surface area contributed by atoms with Crippen molar-refractivity contribution < 1.29 is 9.13 Å². The van der Waals surface area contributed by atoms with E-state index in [0.29, 0.717) is 10.9 Å². The highest BCUT2D eigenvalue weighted by Crippen LogP contribution is 2.20. The maximum absolute atomic E-state index is 13.4. The van der Waals surface area contributed by atoms with Crippen LogP contribution < -0.4 is 10.5 Å². The number of methoxy groups -OCH3 is 1. The monoisotopic (exact) mass is 256 g/mol. The van der Waals surface area contributed by atoms with Gasteiger partial charge in [0.05, 0.1) is 7.11 Å². The van der Waals surface area contributed by atoms with E-state index in [4.69, 9.17) is 10.5 Å². The zero-order valence-corrected chi connectivity index (χ0v) is 10.9. The van der Waals surface area contributed by atoms with Crippen molar-refractivity contribution in [3.05, 3.63) is 29.6 Å². The third-order valence-electron chi connectivity index (χ3n) is 2.09. The van der Waals surface area contributed by atoms with E-state index in [1.54, 1.807) is 6.07 Å². The highest BCUT2D eigenvalue weighted by Gasteiger charge is 2.04. The topological polar surface area (TPSA) is 47.6 Å². The molecule has 17 heavy (non-hydrogen) atoms. The highest BCUT2D eigenvalue weighted by molar-refractivity contribution is 8.13. The van der Waals surface area contributed by atoms with Gasteiger partial charge < -0.3 is 10.5 Å². The van der Waals surface area contributed by atoms with Crippen LogP contribution in [0.5, 0.6) is 5.75 Å². The molecule has 0 amide bonds. The van der Waals surface area contributed by atoms with E-state index >= 15 is 0 Å². The Morgan fingerprint density at radius 2 is 2.29 bits per heavy atom. The SMILES string of the molecule is CCCN=C(N)SCc1ccc(OC)c(F)c1. The second kappa shape index (κ2) is 7.17. The van der Waals surface area contributed by atoms with Gasteiger partial charge in [-0.25, -0.2) is 4.39 Å². The fraction of sp³-hybridized carbons (Fsp3) is 0.417. The average Bonchev–Trinajstić information content (AvgIpc) is 2.34. The number of ether oxygens (including phenoxy) is 1. The van der Waals surface area contributed by atoms with Crippen molar-refractivity contribution in [1.82, 2.24) is 0 Å². The summed E-state index contributed by atoms with van der Waals surface area (Å²) in [4.78, 5) is 4.15. The van der Waals surface area contributed by atoms with Crippen LogP contribution in [0.2, 0.25) is 0 Å². The zero-order valence-electron chi connectivity index (χ0n) is 10.1. The molecule has 0 atom stereocenters. The molecule has 0 aliphatic rings. The Morgan fingerprint density at radius 3 is 2.88 bits per heavy atom. The number of nitrogens with zero attached hydrogens (tertiary/aromatic N) is 1. The number of thioether (sulfide) groups is 1. The lowest BCUT2D eigenvalue weighted by Crippen LogP contribution is -2.07. The minimum atomic E-state index is -0.352. The lowest BCUT2D eigenvalue weighted by Gasteiger charge is -2.05. The molecule has 94 valence electrons. The summed E-state index contributed by atoms with van der Waals surface area (Å²) in [6.45, 7) is 2.77. The van der Waals surface area contributed by atoms with Gasteiger partial charge in [-0.3, -0.25) is 4.99 Å². The van der Waals surface area contributed by atoms with Crippen molar-refractivity contribution in [1.29, 1.82) is 0 Å². The van der Waals surface area contributed by atoms with Crippen LogP contribution in [0, 0.1) is 5.82 Å². The van der Waals surface area contributed by atoms with E-state index in [0.717, 1.165) is 18.5 Å². The first kappa shape index (κ1) is 13.8. The van der Waals surface area contributed by atoms with Crippen molar-refractivity contribution in [3.8, 4) is 5.75 Å². The summed E-state index contributed by atoms with van der Waals surface area (Å²) >= 11 is 1.41. The second-order valence-corrected chi connectivity index (χ2v) is 4.47. The number of rotatable bonds is 5. The highest BCUT2D eigenvalue weighted by atomic mass is 32.2. The normalized spacial score (nSPS) is 11.6. The first-order valence-corrected chi connectivity index (χ1v) is 6.41. The van der Waals surface area contributed by atoms with Gasteiger partial charge in [0.25, 0.3) is 0 Å². The van der Waals surface area contributed by atoms with E-state index in [1.807, 2.05) is 13.0 Å². The van der Waals surface area contributed by atoms with Gasteiger partial charge in [-0.05, 0) is 24.1 Å². The zero-order chi connectivity index (χ0) is 12.7.